The van der Waals surface area contributed by atoms with Gasteiger partial charge in [0.1, 0.15) is 11.5 Å². The summed E-state index contributed by atoms with van der Waals surface area (Å²) in [7, 11) is 1.68. The molecule has 0 aliphatic rings. The number of carbonyl (C=O) groups is 1. The van der Waals surface area contributed by atoms with Crippen LogP contribution in [0.2, 0.25) is 0 Å². The molecule has 0 unspecified atom stereocenters. The van der Waals surface area contributed by atoms with Gasteiger partial charge in [-0.1, -0.05) is 19.1 Å². The third kappa shape index (κ3) is 5.99. The number of ether oxygens (including phenoxy) is 2. The van der Waals surface area contributed by atoms with Gasteiger partial charge in [0.05, 0.1) is 7.11 Å². The van der Waals surface area contributed by atoms with Crippen LogP contribution in [-0.2, 0) is 11.2 Å². The molecule has 0 aromatic heterocycles. The van der Waals surface area contributed by atoms with E-state index in [9.17, 15) is 4.79 Å². The Bertz CT molecular complexity index is 606. The minimum atomic E-state index is -0.200. The number of esters is 1. The van der Waals surface area contributed by atoms with Crippen LogP contribution in [0.1, 0.15) is 25.3 Å². The first-order chi connectivity index (χ1) is 11.2. The minimum absolute atomic E-state index is 0.200. The topological polar surface area (TPSA) is 35.5 Å². The van der Waals surface area contributed by atoms with Crippen molar-refractivity contribution in [2.45, 2.75) is 31.1 Å². The summed E-state index contributed by atoms with van der Waals surface area (Å²) in [6.45, 7) is 1.79. The molecule has 2 rings (SSSR count). The number of hydrogen-bond donors (Lipinski definition) is 0. The van der Waals surface area contributed by atoms with Crippen molar-refractivity contribution in [2.24, 2.45) is 0 Å². The molecule has 2 aromatic carbocycles. The van der Waals surface area contributed by atoms with Crippen LogP contribution in [0.3, 0.4) is 0 Å². The van der Waals surface area contributed by atoms with Crippen molar-refractivity contribution in [3.8, 4) is 11.5 Å². The second-order valence-electron chi connectivity index (χ2n) is 5.10. The first-order valence-electron chi connectivity index (χ1n) is 7.77. The maximum Gasteiger partial charge on any atom is 0.310 e. The predicted octanol–water partition coefficient (Wildman–Crippen LogP) is 4.74. The van der Waals surface area contributed by atoms with Crippen molar-refractivity contribution in [1.82, 2.24) is 0 Å². The molecule has 23 heavy (non-hydrogen) atoms. The number of hydrogen-bond acceptors (Lipinski definition) is 4. The third-order valence-electron chi connectivity index (χ3n) is 3.38. The van der Waals surface area contributed by atoms with E-state index >= 15 is 0 Å². The molecule has 0 bridgehead atoms. The molecule has 0 amide bonds. The second-order valence-corrected chi connectivity index (χ2v) is 6.27. The zero-order valence-corrected chi connectivity index (χ0v) is 14.4. The van der Waals surface area contributed by atoms with Crippen LogP contribution in [-0.4, -0.2) is 18.8 Å². The van der Waals surface area contributed by atoms with Gasteiger partial charge in [0.25, 0.3) is 0 Å². The molecule has 0 atom stereocenters. The fourth-order valence-electron chi connectivity index (χ4n) is 2.07. The molecule has 0 saturated carbocycles. The average molecular weight is 330 g/mol. The summed E-state index contributed by atoms with van der Waals surface area (Å²) in [4.78, 5) is 12.5. The molecule has 4 heteroatoms. The van der Waals surface area contributed by atoms with E-state index in [1.165, 1.54) is 10.5 Å². The van der Waals surface area contributed by atoms with E-state index in [2.05, 4.69) is 12.1 Å². The molecular weight excluding hydrogens is 308 g/mol. The highest BCUT2D eigenvalue weighted by Gasteiger charge is 2.02. The fraction of sp³-hybridized carbons (Fsp3) is 0.316. The lowest BCUT2D eigenvalue weighted by Crippen LogP contribution is -2.05. The molecule has 0 fully saturated rings. The molecule has 0 aliphatic carbocycles. The van der Waals surface area contributed by atoms with E-state index in [0.717, 1.165) is 24.3 Å². The van der Waals surface area contributed by atoms with Crippen LogP contribution in [0.25, 0.3) is 0 Å². The molecule has 0 spiro atoms. The van der Waals surface area contributed by atoms with Gasteiger partial charge in [-0.3, -0.25) is 4.79 Å². The molecule has 0 aliphatic heterocycles. The summed E-state index contributed by atoms with van der Waals surface area (Å²) in [5, 5.41) is 0. The maximum absolute atomic E-state index is 11.2. The normalized spacial score (nSPS) is 10.3. The Morgan fingerprint density at radius 3 is 2.26 bits per heavy atom. The minimum Gasteiger partial charge on any atom is -0.497 e. The summed E-state index contributed by atoms with van der Waals surface area (Å²) >= 11 is 1.85. The van der Waals surface area contributed by atoms with Gasteiger partial charge in [0.15, 0.2) is 0 Å². The van der Waals surface area contributed by atoms with Gasteiger partial charge in [-0.25, -0.2) is 0 Å². The Hall–Kier alpha value is -1.94. The lowest BCUT2D eigenvalue weighted by atomic mass is 10.1. The summed E-state index contributed by atoms with van der Waals surface area (Å²) in [6.07, 6.45) is 2.51. The summed E-state index contributed by atoms with van der Waals surface area (Å²) in [6, 6.07) is 15.9. The Kier molecular flexibility index (Phi) is 7.01. The Morgan fingerprint density at radius 1 is 1.00 bits per heavy atom. The van der Waals surface area contributed by atoms with Crippen LogP contribution < -0.4 is 9.47 Å². The van der Waals surface area contributed by atoms with Crippen molar-refractivity contribution in [2.75, 3.05) is 12.9 Å². The van der Waals surface area contributed by atoms with Gasteiger partial charge in [-0.2, -0.15) is 0 Å². The first kappa shape index (κ1) is 17.4. The van der Waals surface area contributed by atoms with Gasteiger partial charge in [-0.15, -0.1) is 11.8 Å². The van der Waals surface area contributed by atoms with Crippen LogP contribution in [0.5, 0.6) is 11.5 Å². The SMILES string of the molecule is CCC(=O)Oc1ccc(CCCSc2ccc(OC)cc2)cc1. The van der Waals surface area contributed by atoms with Gasteiger partial charge >= 0.3 is 5.97 Å². The smallest absolute Gasteiger partial charge is 0.310 e. The first-order valence-corrected chi connectivity index (χ1v) is 8.76. The molecule has 0 saturated heterocycles. The quantitative estimate of drug-likeness (QED) is 0.303. The van der Waals surface area contributed by atoms with E-state index < -0.39 is 0 Å². The zero-order chi connectivity index (χ0) is 16.5. The number of rotatable bonds is 8. The number of carbonyl (C=O) groups excluding carboxylic acids is 1. The summed E-state index contributed by atoms with van der Waals surface area (Å²) in [5.74, 6) is 2.37. The molecular formula is C19H22O3S. The second kappa shape index (κ2) is 9.26. The largest absolute Gasteiger partial charge is 0.497 e. The molecule has 0 N–H and O–H groups in total. The maximum atomic E-state index is 11.2. The van der Waals surface area contributed by atoms with Gasteiger partial charge < -0.3 is 9.47 Å². The lowest BCUT2D eigenvalue weighted by Gasteiger charge is -2.06. The van der Waals surface area contributed by atoms with Crippen LogP contribution >= 0.6 is 11.8 Å². The molecule has 0 heterocycles. The standard InChI is InChI=1S/C19H22O3S/c1-3-19(20)22-17-8-6-15(7-9-17)5-4-14-23-18-12-10-16(21-2)11-13-18/h6-13H,3-5,14H2,1-2H3. The van der Waals surface area contributed by atoms with Crippen molar-refractivity contribution < 1.29 is 14.3 Å². The molecule has 2 aromatic rings. The van der Waals surface area contributed by atoms with Crippen LogP contribution in [0.15, 0.2) is 53.4 Å². The van der Waals surface area contributed by atoms with Crippen molar-refractivity contribution in [3.05, 3.63) is 54.1 Å². The highest BCUT2D eigenvalue weighted by atomic mass is 32.2. The Morgan fingerprint density at radius 2 is 1.65 bits per heavy atom. The number of thioether (sulfide) groups is 1. The predicted molar refractivity (Wildman–Crippen MR) is 94.4 cm³/mol. The molecule has 122 valence electrons. The Balaban J connectivity index is 1.72. The van der Waals surface area contributed by atoms with Gasteiger partial charge in [0.2, 0.25) is 0 Å². The van der Waals surface area contributed by atoms with E-state index in [-0.39, 0.29) is 5.97 Å². The van der Waals surface area contributed by atoms with Crippen molar-refractivity contribution >= 4 is 17.7 Å². The lowest BCUT2D eigenvalue weighted by molar-refractivity contribution is -0.134. The average Bonchev–Trinajstić information content (AvgIpc) is 2.60. The van der Waals surface area contributed by atoms with Gasteiger partial charge in [-0.05, 0) is 60.6 Å². The molecule has 0 radical (unpaired) electrons. The van der Waals surface area contributed by atoms with Crippen LogP contribution in [0.4, 0.5) is 0 Å². The van der Waals surface area contributed by atoms with Crippen molar-refractivity contribution in [3.63, 3.8) is 0 Å². The highest BCUT2D eigenvalue weighted by molar-refractivity contribution is 7.99. The number of aryl methyl sites for hydroxylation is 1. The van der Waals surface area contributed by atoms with Crippen LogP contribution in [0, 0.1) is 0 Å². The molecule has 3 nitrogen and oxygen atoms in total. The number of benzene rings is 2. The summed E-state index contributed by atoms with van der Waals surface area (Å²) in [5.41, 5.74) is 1.26. The Labute approximate surface area is 142 Å². The van der Waals surface area contributed by atoms with Crippen molar-refractivity contribution in [1.29, 1.82) is 0 Å². The van der Waals surface area contributed by atoms with E-state index in [1.807, 2.05) is 48.2 Å². The van der Waals surface area contributed by atoms with E-state index in [1.54, 1.807) is 14.0 Å². The third-order valence-corrected chi connectivity index (χ3v) is 4.48. The fourth-order valence-corrected chi connectivity index (χ4v) is 2.92. The van der Waals surface area contributed by atoms with E-state index in [4.69, 9.17) is 9.47 Å². The van der Waals surface area contributed by atoms with Gasteiger partial charge in [0, 0.05) is 11.3 Å². The zero-order valence-electron chi connectivity index (χ0n) is 13.6. The van der Waals surface area contributed by atoms with E-state index in [0.29, 0.717) is 12.2 Å². The monoisotopic (exact) mass is 330 g/mol. The highest BCUT2D eigenvalue weighted by Crippen LogP contribution is 2.22. The summed E-state index contributed by atoms with van der Waals surface area (Å²) < 4.78 is 10.3. The number of methoxy groups -OCH3 is 1.